The van der Waals surface area contributed by atoms with Crippen LogP contribution in [-0.4, -0.2) is 30.1 Å². The van der Waals surface area contributed by atoms with E-state index in [0.717, 1.165) is 16.0 Å². The molecule has 1 N–H and O–H groups in total. The van der Waals surface area contributed by atoms with Crippen molar-refractivity contribution in [3.8, 4) is 6.07 Å². The van der Waals surface area contributed by atoms with Gasteiger partial charge in [-0.05, 0) is 42.7 Å². The monoisotopic (exact) mass is 415 g/mol. The van der Waals surface area contributed by atoms with E-state index in [0.29, 0.717) is 41.7 Å². The molecule has 0 fully saturated rings. The van der Waals surface area contributed by atoms with E-state index in [1.807, 2.05) is 6.07 Å². The third kappa shape index (κ3) is 4.53. The Morgan fingerprint density at radius 1 is 1.46 bits per heavy atom. The van der Waals surface area contributed by atoms with Crippen molar-refractivity contribution < 1.29 is 14.3 Å². The minimum absolute atomic E-state index is 0.316. The highest BCUT2D eigenvalue weighted by atomic mass is 35.5. The Morgan fingerprint density at radius 3 is 3.00 bits per heavy atom. The number of benzene rings is 1. The highest BCUT2D eigenvalue weighted by Gasteiger charge is 2.27. The molecule has 8 heteroatoms. The molecule has 0 saturated heterocycles. The normalized spacial score (nSPS) is 13.1. The lowest BCUT2D eigenvalue weighted by Crippen LogP contribution is -2.35. The summed E-state index contributed by atoms with van der Waals surface area (Å²) in [5.41, 5.74) is 2.16. The molecule has 1 aliphatic rings. The van der Waals surface area contributed by atoms with Gasteiger partial charge in [0.15, 0.2) is 0 Å². The summed E-state index contributed by atoms with van der Waals surface area (Å²) in [6, 6.07) is 9.33. The van der Waals surface area contributed by atoms with Crippen LogP contribution in [0.2, 0.25) is 5.02 Å². The molecule has 28 heavy (non-hydrogen) atoms. The maximum absolute atomic E-state index is 12.3. The number of rotatable bonds is 4. The largest absolute Gasteiger partial charge is 0.450 e. The number of ether oxygens (including phenoxy) is 1. The molecule has 0 bridgehead atoms. The number of nitriles is 1. The van der Waals surface area contributed by atoms with Crippen molar-refractivity contribution >= 4 is 46.0 Å². The van der Waals surface area contributed by atoms with E-state index >= 15 is 0 Å². The van der Waals surface area contributed by atoms with Crippen molar-refractivity contribution in [1.29, 1.82) is 5.26 Å². The summed E-state index contributed by atoms with van der Waals surface area (Å²) in [6.45, 7) is 2.94. The smallest absolute Gasteiger partial charge is 0.410 e. The van der Waals surface area contributed by atoms with Crippen molar-refractivity contribution in [3.63, 3.8) is 0 Å². The predicted octanol–water partition coefficient (Wildman–Crippen LogP) is 4.44. The van der Waals surface area contributed by atoms with Gasteiger partial charge in [-0.1, -0.05) is 23.7 Å². The lowest BCUT2D eigenvalue weighted by Gasteiger charge is -2.25. The fourth-order valence-electron chi connectivity index (χ4n) is 2.92. The molecule has 0 atom stereocenters. The van der Waals surface area contributed by atoms with Crippen molar-refractivity contribution in [2.45, 2.75) is 19.9 Å². The minimum atomic E-state index is -0.366. The molecule has 2 amide bonds. The number of nitrogens with one attached hydrogen (secondary N) is 1. The zero-order chi connectivity index (χ0) is 20.1. The standard InChI is InChI=1S/C20H18ClN3O3S/c1-2-27-20(26)24-9-8-15-16(11-22)19(28-17(15)12-24)23-18(25)7-6-13-4-3-5-14(21)10-13/h3-7,10H,2,8-9,12H2,1H3,(H,23,25). The Morgan fingerprint density at radius 2 is 2.29 bits per heavy atom. The predicted molar refractivity (Wildman–Crippen MR) is 109 cm³/mol. The third-order valence-electron chi connectivity index (χ3n) is 4.21. The lowest BCUT2D eigenvalue weighted by atomic mass is 10.0. The van der Waals surface area contributed by atoms with Gasteiger partial charge < -0.3 is 15.0 Å². The van der Waals surface area contributed by atoms with E-state index < -0.39 is 0 Å². The van der Waals surface area contributed by atoms with Gasteiger partial charge in [-0.3, -0.25) is 4.79 Å². The molecule has 1 aromatic heterocycles. The summed E-state index contributed by atoms with van der Waals surface area (Å²) < 4.78 is 5.05. The Labute approximate surface area is 172 Å². The van der Waals surface area contributed by atoms with Crippen molar-refractivity contribution in [3.05, 3.63) is 56.9 Å². The zero-order valence-electron chi connectivity index (χ0n) is 15.2. The molecule has 0 radical (unpaired) electrons. The molecular formula is C20H18ClN3O3S. The average Bonchev–Trinajstić information content (AvgIpc) is 3.02. The van der Waals surface area contributed by atoms with Crippen LogP contribution < -0.4 is 5.32 Å². The number of fused-ring (bicyclic) bond motifs is 1. The molecule has 144 valence electrons. The van der Waals surface area contributed by atoms with Crippen LogP contribution in [0.15, 0.2) is 30.3 Å². The van der Waals surface area contributed by atoms with Crippen LogP contribution in [0, 0.1) is 11.3 Å². The summed E-state index contributed by atoms with van der Waals surface area (Å²) in [5, 5.41) is 13.4. The number of thiophene rings is 1. The number of amides is 2. The van der Waals surface area contributed by atoms with Crippen LogP contribution in [0.25, 0.3) is 6.08 Å². The Bertz CT molecular complexity index is 978. The fraction of sp³-hybridized carbons (Fsp3) is 0.250. The molecule has 0 aliphatic carbocycles. The quantitative estimate of drug-likeness (QED) is 0.748. The molecule has 3 rings (SSSR count). The van der Waals surface area contributed by atoms with Gasteiger partial charge in [0, 0.05) is 22.5 Å². The first-order chi connectivity index (χ1) is 13.5. The number of anilines is 1. The van der Waals surface area contributed by atoms with Gasteiger partial charge in [-0.25, -0.2) is 4.79 Å². The second-order valence-electron chi connectivity index (χ2n) is 6.07. The lowest BCUT2D eigenvalue weighted by molar-refractivity contribution is -0.111. The van der Waals surface area contributed by atoms with Crippen LogP contribution in [-0.2, 0) is 22.5 Å². The van der Waals surface area contributed by atoms with Crippen molar-refractivity contribution in [2.75, 3.05) is 18.5 Å². The SMILES string of the molecule is CCOC(=O)N1CCc2c(sc(NC(=O)C=Cc3cccc(Cl)c3)c2C#N)C1. The van der Waals surface area contributed by atoms with Crippen LogP contribution in [0.5, 0.6) is 0 Å². The molecular weight excluding hydrogens is 398 g/mol. The van der Waals surface area contributed by atoms with Gasteiger partial charge in [0.2, 0.25) is 5.91 Å². The molecule has 6 nitrogen and oxygen atoms in total. The number of halogens is 1. The van der Waals surface area contributed by atoms with Crippen molar-refractivity contribution in [2.24, 2.45) is 0 Å². The van der Waals surface area contributed by atoms with Gasteiger partial charge in [0.25, 0.3) is 0 Å². The van der Waals surface area contributed by atoms with Gasteiger partial charge in [-0.2, -0.15) is 5.26 Å². The minimum Gasteiger partial charge on any atom is -0.450 e. The fourth-order valence-corrected chi connectivity index (χ4v) is 4.33. The highest BCUT2D eigenvalue weighted by molar-refractivity contribution is 7.16. The second-order valence-corrected chi connectivity index (χ2v) is 7.61. The van der Waals surface area contributed by atoms with Gasteiger partial charge in [0.1, 0.15) is 11.1 Å². The molecule has 1 aliphatic heterocycles. The van der Waals surface area contributed by atoms with E-state index in [-0.39, 0.29) is 12.0 Å². The van der Waals surface area contributed by atoms with Crippen LogP contribution >= 0.6 is 22.9 Å². The van der Waals surface area contributed by atoms with Gasteiger partial charge in [0.05, 0.1) is 18.7 Å². The van der Waals surface area contributed by atoms with Crippen LogP contribution in [0.3, 0.4) is 0 Å². The molecule has 0 unspecified atom stereocenters. The van der Waals surface area contributed by atoms with Gasteiger partial charge in [-0.15, -0.1) is 11.3 Å². The summed E-state index contributed by atoms with van der Waals surface area (Å²) in [5.74, 6) is -0.336. The number of nitrogens with zero attached hydrogens (tertiary/aromatic N) is 2. The Balaban J connectivity index is 1.74. The van der Waals surface area contributed by atoms with E-state index in [9.17, 15) is 14.9 Å². The first-order valence-electron chi connectivity index (χ1n) is 8.72. The van der Waals surface area contributed by atoms with Crippen molar-refractivity contribution in [1.82, 2.24) is 4.90 Å². The summed E-state index contributed by atoms with van der Waals surface area (Å²) >= 11 is 7.25. The number of hydrogen-bond donors (Lipinski definition) is 1. The molecule has 1 aromatic carbocycles. The summed E-state index contributed by atoms with van der Waals surface area (Å²) in [4.78, 5) is 26.7. The maximum atomic E-state index is 12.3. The van der Waals surface area contributed by atoms with E-state index in [1.54, 1.807) is 36.1 Å². The first-order valence-corrected chi connectivity index (χ1v) is 9.92. The highest BCUT2D eigenvalue weighted by Crippen LogP contribution is 2.36. The van der Waals surface area contributed by atoms with Crippen LogP contribution in [0.4, 0.5) is 9.80 Å². The number of hydrogen-bond acceptors (Lipinski definition) is 5. The molecule has 2 aromatic rings. The number of carbonyl (C=O) groups is 2. The second kappa shape index (κ2) is 8.91. The van der Waals surface area contributed by atoms with E-state index in [4.69, 9.17) is 16.3 Å². The topological polar surface area (TPSA) is 82.4 Å². The van der Waals surface area contributed by atoms with Crippen LogP contribution in [0.1, 0.15) is 28.5 Å². The van der Waals surface area contributed by atoms with E-state index in [2.05, 4.69) is 11.4 Å². The Kier molecular flexibility index (Phi) is 6.34. The summed E-state index contributed by atoms with van der Waals surface area (Å²) in [7, 11) is 0. The summed E-state index contributed by atoms with van der Waals surface area (Å²) in [6.07, 6.45) is 3.25. The molecule has 0 saturated carbocycles. The maximum Gasteiger partial charge on any atom is 0.410 e. The average molecular weight is 416 g/mol. The first kappa shape index (κ1) is 19.9. The van der Waals surface area contributed by atoms with E-state index in [1.165, 1.54) is 17.4 Å². The molecule has 2 heterocycles. The molecule has 0 spiro atoms. The zero-order valence-corrected chi connectivity index (χ0v) is 16.8. The van der Waals surface area contributed by atoms with Gasteiger partial charge >= 0.3 is 6.09 Å². The third-order valence-corrected chi connectivity index (χ3v) is 5.57. The Hall–Kier alpha value is -2.82. The number of carbonyl (C=O) groups excluding carboxylic acids is 2.